The van der Waals surface area contributed by atoms with Crippen LogP contribution in [0, 0.1) is 0 Å². The molecule has 278 valence electrons. The van der Waals surface area contributed by atoms with Gasteiger partial charge in [-0.25, -0.2) is 10.4 Å². The Morgan fingerprint density at radius 2 is 1.38 bits per heavy atom. The average Bonchev–Trinajstić information content (AvgIpc) is 3.62. The summed E-state index contributed by atoms with van der Waals surface area (Å²) in [6.07, 6.45) is -0.398. The molecule has 5 aromatic rings. The molecule has 0 spiro atoms. The van der Waals surface area contributed by atoms with Gasteiger partial charge in [0.25, 0.3) is 5.91 Å². The van der Waals surface area contributed by atoms with Crippen molar-refractivity contribution < 1.29 is 19.4 Å². The Kier molecular flexibility index (Phi) is 13.1. The number of ether oxygens (including phenoxy) is 2. The van der Waals surface area contributed by atoms with Crippen LogP contribution < -0.4 is 15.6 Å². The van der Waals surface area contributed by atoms with Crippen molar-refractivity contribution in [1.82, 2.24) is 10.9 Å². The van der Waals surface area contributed by atoms with E-state index in [9.17, 15) is 11.1 Å². The third-order valence-corrected chi connectivity index (χ3v) is 9.47. The molecule has 0 radical (unpaired) electrons. The fraction of sp³-hybridized carbons (Fsp3) is 0.238. The number of benzene rings is 5. The molecule has 13 heteroatoms. The highest BCUT2D eigenvalue weighted by Crippen LogP contribution is 2.44. The van der Waals surface area contributed by atoms with Gasteiger partial charge in [-0.3, -0.25) is 10.2 Å². The standard InChI is InChI=1S/C42H41N9O4/c43-50-46-27-34-17-8-7-16-33(34)26-42(41(53)49-45-29-38(30-12-3-1-4-13-30)31-14-5-2-6-15-31)39(37-19-10-9-18-35(37)28-47-51-44)55-40(48-42)32-20-22-36(23-21-32)54-25-11-24-52/h1-10,12-23,38-39,45,52H,11,24-29H2,(H,49,53)/t39-,42-/m0/s1. The van der Waals surface area contributed by atoms with E-state index in [0.29, 0.717) is 42.0 Å². The lowest BCUT2D eigenvalue weighted by atomic mass is 9.80. The predicted molar refractivity (Wildman–Crippen MR) is 210 cm³/mol. The van der Waals surface area contributed by atoms with Gasteiger partial charge in [-0.15, -0.1) is 0 Å². The maximum Gasteiger partial charge on any atom is 0.266 e. The van der Waals surface area contributed by atoms with E-state index in [1.807, 2.05) is 97.1 Å². The van der Waals surface area contributed by atoms with E-state index in [1.165, 1.54) is 0 Å². The first-order chi connectivity index (χ1) is 27.1. The molecule has 13 nitrogen and oxygen atoms in total. The third-order valence-electron chi connectivity index (χ3n) is 9.47. The first-order valence-electron chi connectivity index (χ1n) is 18.0. The van der Waals surface area contributed by atoms with Crippen LogP contribution in [0.25, 0.3) is 20.9 Å². The van der Waals surface area contributed by atoms with Crippen LogP contribution in [-0.2, 0) is 29.0 Å². The molecule has 0 saturated carbocycles. The lowest BCUT2D eigenvalue weighted by Gasteiger charge is -2.32. The summed E-state index contributed by atoms with van der Waals surface area (Å²) in [6.45, 7) is 0.858. The number of nitrogens with zero attached hydrogens (tertiary/aromatic N) is 7. The average molecular weight is 736 g/mol. The van der Waals surface area contributed by atoms with Crippen LogP contribution in [0.4, 0.5) is 0 Å². The van der Waals surface area contributed by atoms with Crippen LogP contribution in [0.3, 0.4) is 0 Å². The second-order valence-corrected chi connectivity index (χ2v) is 12.9. The highest BCUT2D eigenvalue weighted by atomic mass is 16.5. The van der Waals surface area contributed by atoms with Gasteiger partial charge in [-0.05, 0) is 68.7 Å². The van der Waals surface area contributed by atoms with Crippen LogP contribution in [0.15, 0.2) is 149 Å². The number of hydrogen-bond acceptors (Lipinski definition) is 8. The Morgan fingerprint density at radius 3 is 2.02 bits per heavy atom. The monoisotopic (exact) mass is 735 g/mol. The molecule has 0 unspecified atom stereocenters. The summed E-state index contributed by atoms with van der Waals surface area (Å²) in [5, 5.41) is 16.8. The molecule has 1 amide bonds. The zero-order valence-electron chi connectivity index (χ0n) is 30.1. The summed E-state index contributed by atoms with van der Waals surface area (Å²) in [7, 11) is 0. The number of hydrogen-bond donors (Lipinski definition) is 3. The summed E-state index contributed by atoms with van der Waals surface area (Å²) in [5.41, 5.74) is 28.6. The number of carbonyl (C=O) groups excluding carboxylic acids is 1. The van der Waals surface area contributed by atoms with E-state index >= 15 is 4.79 Å². The molecule has 1 aliphatic heterocycles. The largest absolute Gasteiger partial charge is 0.494 e. The van der Waals surface area contributed by atoms with Gasteiger partial charge in [-0.1, -0.05) is 119 Å². The van der Waals surface area contributed by atoms with Gasteiger partial charge < -0.3 is 14.6 Å². The number of azide groups is 2. The Bertz CT molecular complexity index is 2130. The minimum absolute atomic E-state index is 0.0232. The normalized spacial score (nSPS) is 16.0. The van der Waals surface area contributed by atoms with Gasteiger partial charge in [0.1, 0.15) is 5.75 Å². The summed E-state index contributed by atoms with van der Waals surface area (Å²) < 4.78 is 12.5. The number of aliphatic hydroxyl groups excluding tert-OH is 1. The van der Waals surface area contributed by atoms with Gasteiger partial charge in [0.15, 0.2) is 11.6 Å². The molecule has 1 heterocycles. The summed E-state index contributed by atoms with van der Waals surface area (Å²) in [4.78, 5) is 26.2. The molecule has 6 rings (SSSR count). The number of hydrazine groups is 1. The SMILES string of the molecule is [N-]=[N+]=NCc1ccccc1C[C@]1(C(=O)NNCC(c2ccccc2)c2ccccc2)N=C(c2ccc(OCCCO)cc2)O[C@H]1c1ccccc1CN=[N+]=[N-]. The van der Waals surface area contributed by atoms with Gasteiger partial charge in [0.2, 0.25) is 5.90 Å². The number of amides is 1. The van der Waals surface area contributed by atoms with Crippen LogP contribution in [0.5, 0.6) is 5.75 Å². The maximum absolute atomic E-state index is 15.1. The molecule has 0 aliphatic carbocycles. The number of aliphatic imine (C=N–C) groups is 1. The van der Waals surface area contributed by atoms with Crippen molar-refractivity contribution in [3.05, 3.63) is 193 Å². The van der Waals surface area contributed by atoms with Gasteiger partial charge >= 0.3 is 0 Å². The van der Waals surface area contributed by atoms with Crippen molar-refractivity contribution >= 4 is 11.8 Å². The molecule has 55 heavy (non-hydrogen) atoms. The van der Waals surface area contributed by atoms with E-state index in [0.717, 1.165) is 22.3 Å². The minimum Gasteiger partial charge on any atom is -0.494 e. The van der Waals surface area contributed by atoms with Crippen LogP contribution >= 0.6 is 0 Å². The quantitative estimate of drug-likeness (QED) is 0.0269. The minimum atomic E-state index is -1.60. The number of carbonyl (C=O) groups is 1. The third kappa shape index (κ3) is 9.31. The molecule has 0 aromatic heterocycles. The maximum atomic E-state index is 15.1. The van der Waals surface area contributed by atoms with Gasteiger partial charge in [0.05, 0.1) is 19.7 Å². The van der Waals surface area contributed by atoms with E-state index in [4.69, 9.17) is 19.6 Å². The van der Waals surface area contributed by atoms with Gasteiger partial charge in [-0.2, -0.15) is 0 Å². The molecule has 2 atom stereocenters. The van der Waals surface area contributed by atoms with E-state index < -0.39 is 17.6 Å². The molecular formula is C42H41N9O4. The Labute approximate surface area is 318 Å². The lowest BCUT2D eigenvalue weighted by molar-refractivity contribution is -0.130. The van der Waals surface area contributed by atoms with Crippen molar-refractivity contribution in [2.75, 3.05) is 19.8 Å². The fourth-order valence-corrected chi connectivity index (χ4v) is 6.72. The molecule has 5 aromatic carbocycles. The zero-order valence-corrected chi connectivity index (χ0v) is 30.1. The molecule has 3 N–H and O–H groups in total. The summed E-state index contributed by atoms with van der Waals surface area (Å²) >= 11 is 0. The van der Waals surface area contributed by atoms with Crippen LogP contribution in [0.1, 0.15) is 57.4 Å². The van der Waals surface area contributed by atoms with Crippen molar-refractivity contribution in [2.24, 2.45) is 15.2 Å². The molecule has 0 saturated heterocycles. The fourth-order valence-electron chi connectivity index (χ4n) is 6.72. The molecule has 0 fully saturated rings. The first kappa shape index (κ1) is 38.1. The summed E-state index contributed by atoms with van der Waals surface area (Å²) in [6, 6.07) is 42.2. The topological polar surface area (TPSA) is 190 Å². The van der Waals surface area contributed by atoms with Crippen LogP contribution in [0.2, 0.25) is 0 Å². The predicted octanol–water partition coefficient (Wildman–Crippen LogP) is 8.02. The summed E-state index contributed by atoms with van der Waals surface area (Å²) in [5.74, 6) is 0.312. The smallest absolute Gasteiger partial charge is 0.266 e. The first-order valence-corrected chi connectivity index (χ1v) is 18.0. The highest BCUT2D eigenvalue weighted by Gasteiger charge is 2.54. The van der Waals surface area contributed by atoms with E-state index in [1.54, 1.807) is 12.1 Å². The molecule has 1 aliphatic rings. The molecule has 0 bridgehead atoms. The Balaban J connectivity index is 1.43. The molecular weight excluding hydrogens is 695 g/mol. The number of aliphatic hydroxyl groups is 1. The van der Waals surface area contributed by atoms with E-state index in [2.05, 4.69) is 55.2 Å². The number of nitrogens with one attached hydrogen (secondary N) is 2. The second-order valence-electron chi connectivity index (χ2n) is 12.9. The highest BCUT2D eigenvalue weighted by molar-refractivity contribution is 6.01. The van der Waals surface area contributed by atoms with Crippen molar-refractivity contribution in [3.63, 3.8) is 0 Å². The second kappa shape index (κ2) is 18.9. The van der Waals surface area contributed by atoms with Crippen molar-refractivity contribution in [3.8, 4) is 5.75 Å². The van der Waals surface area contributed by atoms with Crippen LogP contribution in [-0.4, -0.2) is 42.2 Å². The van der Waals surface area contributed by atoms with Crippen molar-refractivity contribution in [2.45, 2.75) is 43.5 Å². The Morgan fingerprint density at radius 1 is 0.800 bits per heavy atom. The van der Waals surface area contributed by atoms with Gasteiger partial charge in [0, 0.05) is 47.3 Å². The zero-order chi connectivity index (χ0) is 38.3. The lowest BCUT2D eigenvalue weighted by Crippen LogP contribution is -2.54. The van der Waals surface area contributed by atoms with E-state index in [-0.39, 0.29) is 37.9 Å². The number of rotatable bonds is 18. The van der Waals surface area contributed by atoms with Crippen molar-refractivity contribution in [1.29, 1.82) is 0 Å². The Hall–Kier alpha value is -6.62.